The SMILES string of the molecule is Fc1ccc(-n2cnnc2Cc2c[nH]c3ccccc23)c(F)c1. The first-order chi connectivity index (χ1) is 11.2. The molecule has 0 aliphatic rings. The van der Waals surface area contributed by atoms with Crippen molar-refractivity contribution in [3.63, 3.8) is 0 Å². The van der Waals surface area contributed by atoms with Crippen LogP contribution in [-0.4, -0.2) is 19.7 Å². The summed E-state index contributed by atoms with van der Waals surface area (Å²) in [4.78, 5) is 3.20. The highest BCUT2D eigenvalue weighted by Crippen LogP contribution is 2.22. The van der Waals surface area contributed by atoms with Gasteiger partial charge in [-0.15, -0.1) is 10.2 Å². The highest BCUT2D eigenvalue weighted by atomic mass is 19.1. The fourth-order valence-electron chi connectivity index (χ4n) is 2.71. The standard InChI is InChI=1S/C17H12F2N4/c18-12-5-6-16(14(19)8-12)23-10-21-22-17(23)7-11-9-20-15-4-2-1-3-13(11)15/h1-6,8-10,20H,7H2. The molecule has 0 spiro atoms. The van der Waals surface area contributed by atoms with Crippen molar-refractivity contribution in [2.45, 2.75) is 6.42 Å². The predicted octanol–water partition coefficient (Wildman–Crippen LogP) is 3.62. The third-order valence-corrected chi connectivity index (χ3v) is 3.81. The second-order valence-electron chi connectivity index (χ2n) is 5.25. The minimum Gasteiger partial charge on any atom is -0.361 e. The first-order valence-electron chi connectivity index (χ1n) is 7.12. The van der Waals surface area contributed by atoms with Gasteiger partial charge in [-0.2, -0.15) is 0 Å². The van der Waals surface area contributed by atoms with Crippen LogP contribution in [-0.2, 0) is 6.42 Å². The molecule has 2 aromatic carbocycles. The molecule has 4 nitrogen and oxygen atoms in total. The van der Waals surface area contributed by atoms with Gasteiger partial charge in [0.15, 0.2) is 0 Å². The fourth-order valence-corrected chi connectivity index (χ4v) is 2.71. The summed E-state index contributed by atoms with van der Waals surface area (Å²) in [6.07, 6.45) is 3.83. The highest BCUT2D eigenvalue weighted by molar-refractivity contribution is 5.83. The van der Waals surface area contributed by atoms with Crippen LogP contribution in [0, 0.1) is 11.6 Å². The van der Waals surface area contributed by atoms with Crippen LogP contribution in [0.1, 0.15) is 11.4 Å². The maximum Gasteiger partial charge on any atom is 0.150 e. The molecule has 4 aromatic rings. The minimum atomic E-state index is -0.648. The molecule has 6 heteroatoms. The largest absolute Gasteiger partial charge is 0.361 e. The summed E-state index contributed by atoms with van der Waals surface area (Å²) in [7, 11) is 0. The zero-order valence-electron chi connectivity index (χ0n) is 12.0. The smallest absolute Gasteiger partial charge is 0.150 e. The first-order valence-corrected chi connectivity index (χ1v) is 7.12. The molecule has 4 rings (SSSR count). The Morgan fingerprint density at radius 1 is 1.09 bits per heavy atom. The number of hydrogen-bond acceptors (Lipinski definition) is 2. The molecule has 0 unspecified atom stereocenters. The van der Waals surface area contributed by atoms with E-state index in [2.05, 4.69) is 15.2 Å². The van der Waals surface area contributed by atoms with Crippen molar-refractivity contribution in [3.8, 4) is 5.69 Å². The van der Waals surface area contributed by atoms with Crippen molar-refractivity contribution in [2.24, 2.45) is 0 Å². The van der Waals surface area contributed by atoms with Gasteiger partial charge in [-0.1, -0.05) is 18.2 Å². The second kappa shape index (κ2) is 5.31. The fraction of sp³-hybridized carbons (Fsp3) is 0.0588. The third-order valence-electron chi connectivity index (χ3n) is 3.81. The number of rotatable bonds is 3. The lowest BCUT2D eigenvalue weighted by atomic mass is 10.1. The van der Waals surface area contributed by atoms with E-state index in [-0.39, 0.29) is 5.69 Å². The number of nitrogens with one attached hydrogen (secondary N) is 1. The van der Waals surface area contributed by atoms with Gasteiger partial charge in [0.2, 0.25) is 0 Å². The predicted molar refractivity (Wildman–Crippen MR) is 82.4 cm³/mol. The minimum absolute atomic E-state index is 0.228. The van der Waals surface area contributed by atoms with Crippen LogP contribution in [0.15, 0.2) is 55.0 Å². The zero-order chi connectivity index (χ0) is 15.8. The topological polar surface area (TPSA) is 46.5 Å². The molecule has 0 amide bonds. The first kappa shape index (κ1) is 13.6. The Bertz CT molecular complexity index is 987. The van der Waals surface area contributed by atoms with Crippen LogP contribution in [0.5, 0.6) is 0 Å². The van der Waals surface area contributed by atoms with Gasteiger partial charge in [0.25, 0.3) is 0 Å². The molecule has 0 atom stereocenters. The molecule has 2 heterocycles. The summed E-state index contributed by atoms with van der Waals surface area (Å²) in [6.45, 7) is 0. The molecular weight excluding hydrogens is 298 g/mol. The number of halogens is 2. The number of aromatic amines is 1. The normalized spacial score (nSPS) is 11.2. The lowest BCUT2D eigenvalue weighted by molar-refractivity contribution is 0.576. The Labute approximate surface area is 130 Å². The number of para-hydroxylation sites is 1. The highest BCUT2D eigenvalue weighted by Gasteiger charge is 2.13. The molecule has 0 fully saturated rings. The molecule has 0 bridgehead atoms. The molecular formula is C17H12F2N4. The van der Waals surface area contributed by atoms with Crippen molar-refractivity contribution in [2.75, 3.05) is 0 Å². The van der Waals surface area contributed by atoms with Gasteiger partial charge < -0.3 is 4.98 Å². The molecule has 0 aliphatic carbocycles. The average Bonchev–Trinajstić information content (AvgIpc) is 3.16. The summed E-state index contributed by atoms with van der Waals surface area (Å²) in [5.74, 6) is -0.678. The van der Waals surface area contributed by atoms with Crippen molar-refractivity contribution in [1.82, 2.24) is 19.7 Å². The van der Waals surface area contributed by atoms with Crippen molar-refractivity contribution < 1.29 is 8.78 Å². The number of aromatic nitrogens is 4. The van der Waals surface area contributed by atoms with Gasteiger partial charge >= 0.3 is 0 Å². The quantitative estimate of drug-likeness (QED) is 0.628. The van der Waals surface area contributed by atoms with E-state index in [0.29, 0.717) is 12.2 Å². The van der Waals surface area contributed by atoms with Gasteiger partial charge in [0, 0.05) is 29.6 Å². The maximum absolute atomic E-state index is 14.0. The molecule has 0 radical (unpaired) electrons. The summed E-state index contributed by atoms with van der Waals surface area (Å²) < 4.78 is 28.6. The molecule has 1 N–H and O–H groups in total. The summed E-state index contributed by atoms with van der Waals surface area (Å²) >= 11 is 0. The molecule has 2 aromatic heterocycles. The molecule has 0 saturated heterocycles. The van der Waals surface area contributed by atoms with E-state index >= 15 is 0 Å². The van der Waals surface area contributed by atoms with Crippen LogP contribution in [0.4, 0.5) is 8.78 Å². The van der Waals surface area contributed by atoms with Gasteiger partial charge in [0.05, 0.1) is 5.69 Å². The maximum atomic E-state index is 14.0. The van der Waals surface area contributed by atoms with Crippen molar-refractivity contribution in [3.05, 3.63) is 78.0 Å². The number of nitrogens with zero attached hydrogens (tertiary/aromatic N) is 3. The summed E-state index contributed by atoms with van der Waals surface area (Å²) in [5.41, 5.74) is 2.30. The average molecular weight is 310 g/mol. The van der Waals surface area contributed by atoms with E-state index in [1.165, 1.54) is 23.0 Å². The van der Waals surface area contributed by atoms with E-state index in [0.717, 1.165) is 22.5 Å². The van der Waals surface area contributed by atoms with Crippen LogP contribution < -0.4 is 0 Å². The molecule has 0 saturated carbocycles. The number of benzene rings is 2. The molecule has 23 heavy (non-hydrogen) atoms. The lowest BCUT2D eigenvalue weighted by Crippen LogP contribution is -2.03. The van der Waals surface area contributed by atoms with Crippen molar-refractivity contribution >= 4 is 10.9 Å². The number of fused-ring (bicyclic) bond motifs is 1. The van der Waals surface area contributed by atoms with E-state index < -0.39 is 11.6 Å². The third kappa shape index (κ3) is 2.38. The molecule has 0 aliphatic heterocycles. The Morgan fingerprint density at radius 2 is 1.96 bits per heavy atom. The number of H-pyrrole nitrogens is 1. The summed E-state index contributed by atoms with van der Waals surface area (Å²) in [5, 5.41) is 9.03. The van der Waals surface area contributed by atoms with Crippen molar-refractivity contribution in [1.29, 1.82) is 0 Å². The van der Waals surface area contributed by atoms with Gasteiger partial charge in [-0.25, -0.2) is 8.78 Å². The Balaban J connectivity index is 1.75. The lowest BCUT2D eigenvalue weighted by Gasteiger charge is -2.07. The Kier molecular flexibility index (Phi) is 3.15. The Hall–Kier alpha value is -3.02. The monoisotopic (exact) mass is 310 g/mol. The summed E-state index contributed by atoms with van der Waals surface area (Å²) in [6, 6.07) is 11.4. The zero-order valence-corrected chi connectivity index (χ0v) is 12.0. The molecule has 114 valence electrons. The van der Waals surface area contributed by atoms with Crippen LogP contribution >= 0.6 is 0 Å². The van der Waals surface area contributed by atoms with E-state index in [1.807, 2.05) is 30.5 Å². The van der Waals surface area contributed by atoms with Crippen LogP contribution in [0.2, 0.25) is 0 Å². The second-order valence-corrected chi connectivity index (χ2v) is 5.25. The van der Waals surface area contributed by atoms with E-state index in [4.69, 9.17) is 0 Å². The Morgan fingerprint density at radius 3 is 2.83 bits per heavy atom. The van der Waals surface area contributed by atoms with Gasteiger partial charge in [-0.3, -0.25) is 4.57 Å². The van der Waals surface area contributed by atoms with E-state index in [1.54, 1.807) is 0 Å². The van der Waals surface area contributed by atoms with Gasteiger partial charge in [-0.05, 0) is 23.8 Å². The number of hydrogen-bond donors (Lipinski definition) is 1. The van der Waals surface area contributed by atoms with Gasteiger partial charge in [0.1, 0.15) is 23.8 Å². The van der Waals surface area contributed by atoms with Crippen LogP contribution in [0.3, 0.4) is 0 Å². The van der Waals surface area contributed by atoms with E-state index in [9.17, 15) is 8.78 Å². The van der Waals surface area contributed by atoms with Crippen LogP contribution in [0.25, 0.3) is 16.6 Å².